The van der Waals surface area contributed by atoms with Gasteiger partial charge in [0, 0.05) is 0 Å². The molecule has 0 bridgehead atoms. The third-order valence-electron chi connectivity index (χ3n) is 5.54. The van der Waals surface area contributed by atoms with Crippen LogP contribution >= 0.6 is 0 Å². The number of hydrogen-bond acceptors (Lipinski definition) is 0. The third kappa shape index (κ3) is 3.16. The van der Waals surface area contributed by atoms with Crippen LogP contribution in [0.4, 0.5) is 0 Å². The van der Waals surface area contributed by atoms with Crippen LogP contribution in [0.25, 0.3) is 0 Å². The first kappa shape index (κ1) is 18.4. The van der Waals surface area contributed by atoms with Crippen LogP contribution in [-0.4, -0.2) is 8.80 Å². The minimum absolute atomic E-state index is 0.305. The summed E-state index contributed by atoms with van der Waals surface area (Å²) in [5, 5.41) is 1.87. The van der Waals surface area contributed by atoms with Gasteiger partial charge in [-0.3, -0.25) is 0 Å². The Morgan fingerprint density at radius 3 is 2.14 bits per heavy atom. The molecule has 0 saturated carbocycles. The van der Waals surface area contributed by atoms with E-state index in [4.69, 9.17) is 0 Å². The maximum atomic E-state index is 2.58. The molecule has 0 fully saturated rings. The Kier molecular flexibility index (Phi) is 5.16. The molecule has 0 radical (unpaired) electrons. The number of hydrogen-bond donors (Lipinski definition) is 0. The summed E-state index contributed by atoms with van der Waals surface area (Å²) in [4.78, 5) is 0. The van der Waals surface area contributed by atoms with Crippen LogP contribution in [0.3, 0.4) is 0 Å². The van der Waals surface area contributed by atoms with Crippen molar-refractivity contribution in [1.29, 1.82) is 0 Å². The molecule has 2 aliphatic carbocycles. The van der Waals surface area contributed by atoms with Gasteiger partial charge >= 0.3 is 151 Å². The van der Waals surface area contributed by atoms with Crippen molar-refractivity contribution in [3.63, 3.8) is 0 Å². The summed E-state index contributed by atoms with van der Waals surface area (Å²) in [6, 6.07) is 0. The third-order valence-corrected chi connectivity index (χ3v) is 12.9. The first-order valence-corrected chi connectivity index (χ1v) is 13.9. The molecular weight excluding hydrogens is 360 g/mol. The molecule has 0 saturated heterocycles. The van der Waals surface area contributed by atoms with Gasteiger partial charge in [-0.15, -0.1) is 0 Å². The molecule has 0 spiro atoms. The van der Waals surface area contributed by atoms with Gasteiger partial charge in [-0.2, -0.15) is 0 Å². The molecule has 1 atom stereocenters. The zero-order chi connectivity index (χ0) is 16.9. The summed E-state index contributed by atoms with van der Waals surface area (Å²) in [5.74, 6) is 0. The Hall–Kier alpha value is 0.0600. The molecule has 22 heavy (non-hydrogen) atoms. The Morgan fingerprint density at radius 2 is 1.68 bits per heavy atom. The van der Waals surface area contributed by atoms with E-state index in [2.05, 4.69) is 73.7 Å². The second-order valence-electron chi connectivity index (χ2n) is 8.48. The minimum atomic E-state index is -0.756. The maximum absolute atomic E-state index is 2.58. The van der Waals surface area contributed by atoms with E-state index in [-0.39, 0.29) is 0 Å². The summed E-state index contributed by atoms with van der Waals surface area (Å²) in [6.45, 7) is 21.8. The van der Waals surface area contributed by atoms with E-state index in [0.717, 1.165) is 0 Å². The summed E-state index contributed by atoms with van der Waals surface area (Å²) in [6.07, 6.45) is 6.28. The van der Waals surface area contributed by atoms with Gasteiger partial charge in [-0.25, -0.2) is 0 Å². The quantitative estimate of drug-likeness (QED) is 0.502. The van der Waals surface area contributed by atoms with Crippen LogP contribution in [0.2, 0.25) is 16.2 Å². The van der Waals surface area contributed by atoms with Gasteiger partial charge < -0.3 is 0 Å². The Labute approximate surface area is 151 Å². The van der Waals surface area contributed by atoms with Crippen molar-refractivity contribution < 1.29 is 23.2 Å². The van der Waals surface area contributed by atoms with Crippen LogP contribution < -0.4 is 0 Å². The van der Waals surface area contributed by atoms with Gasteiger partial charge in [0.25, 0.3) is 0 Å². The molecule has 0 aliphatic heterocycles. The van der Waals surface area contributed by atoms with Crippen molar-refractivity contribution in [2.24, 2.45) is 5.41 Å². The van der Waals surface area contributed by atoms with Crippen molar-refractivity contribution in [3.8, 4) is 0 Å². The summed E-state index contributed by atoms with van der Waals surface area (Å²) in [5.41, 5.74) is 6.80. The summed E-state index contributed by atoms with van der Waals surface area (Å²) < 4.78 is 2.25. The van der Waals surface area contributed by atoms with Crippen molar-refractivity contribution in [2.45, 2.75) is 71.1 Å². The van der Waals surface area contributed by atoms with E-state index in [9.17, 15) is 0 Å². The average molecular weight is 392 g/mol. The SMILES string of the molecule is CC1=C(C)[C](C)([Zr][C]2=CC(C(C)(C)C)=CC2)C([SiH](C)C)=C1C. The van der Waals surface area contributed by atoms with E-state index < -0.39 is 32.0 Å². The number of rotatable bonds is 3. The second-order valence-corrected chi connectivity index (χ2v) is 16.0. The summed E-state index contributed by atoms with van der Waals surface area (Å²) in [7, 11) is -0.756. The molecule has 0 heterocycles. The monoisotopic (exact) mass is 390 g/mol. The molecule has 0 aromatic heterocycles. The first-order chi connectivity index (χ1) is 9.98. The van der Waals surface area contributed by atoms with Gasteiger partial charge in [0.05, 0.1) is 0 Å². The first-order valence-electron chi connectivity index (χ1n) is 8.57. The standard InChI is InChI=1S/C11H19Si.C9H13.Zr/c1-7-8(2)10(4)11(9(7)3)12(5)6;1-9(2,3)8-6-4-5-7-8;/h12H,1-6H3;6-7H,4H2,1-3H3;. The Balaban J connectivity index is 2.33. The Bertz CT molecular complexity index is 608. The van der Waals surface area contributed by atoms with Gasteiger partial charge in [-0.05, 0) is 0 Å². The molecular formula is C20H32SiZr. The molecule has 0 aromatic carbocycles. The molecule has 2 heteroatoms. The fourth-order valence-corrected chi connectivity index (χ4v) is 13.4. The zero-order valence-corrected chi connectivity index (χ0v) is 19.6. The molecule has 2 rings (SSSR count). The van der Waals surface area contributed by atoms with Crippen LogP contribution in [0, 0.1) is 5.41 Å². The molecule has 0 aromatic rings. The van der Waals surface area contributed by atoms with Gasteiger partial charge in [0.15, 0.2) is 0 Å². The molecule has 2 aliphatic rings. The van der Waals surface area contributed by atoms with Crippen LogP contribution in [0.1, 0.15) is 54.9 Å². The van der Waals surface area contributed by atoms with Crippen LogP contribution in [0.5, 0.6) is 0 Å². The normalized spacial score (nSPS) is 26.1. The Morgan fingerprint density at radius 1 is 1.09 bits per heavy atom. The van der Waals surface area contributed by atoms with Crippen LogP contribution in [-0.2, 0) is 23.2 Å². The summed E-state index contributed by atoms with van der Waals surface area (Å²) >= 11 is -0.633. The van der Waals surface area contributed by atoms with E-state index in [1.807, 2.05) is 5.20 Å². The number of allylic oxidation sites excluding steroid dienone is 8. The molecule has 0 amide bonds. The van der Waals surface area contributed by atoms with Crippen molar-refractivity contribution in [1.82, 2.24) is 0 Å². The van der Waals surface area contributed by atoms with Crippen molar-refractivity contribution in [3.05, 3.63) is 42.9 Å². The van der Waals surface area contributed by atoms with Crippen molar-refractivity contribution >= 4 is 8.80 Å². The van der Waals surface area contributed by atoms with Gasteiger partial charge in [0.1, 0.15) is 0 Å². The molecule has 1 unspecified atom stereocenters. The van der Waals surface area contributed by atoms with E-state index in [0.29, 0.717) is 8.54 Å². The van der Waals surface area contributed by atoms with E-state index in [1.54, 1.807) is 25.6 Å². The molecule has 0 N–H and O–H groups in total. The van der Waals surface area contributed by atoms with Crippen molar-refractivity contribution in [2.75, 3.05) is 0 Å². The van der Waals surface area contributed by atoms with Gasteiger partial charge in [0.2, 0.25) is 0 Å². The predicted octanol–water partition coefficient (Wildman–Crippen LogP) is 6.20. The van der Waals surface area contributed by atoms with Crippen LogP contribution in [0.15, 0.2) is 42.9 Å². The second kappa shape index (κ2) is 6.17. The average Bonchev–Trinajstić information content (AvgIpc) is 2.89. The zero-order valence-electron chi connectivity index (χ0n) is 15.9. The van der Waals surface area contributed by atoms with Gasteiger partial charge in [-0.1, -0.05) is 0 Å². The predicted molar refractivity (Wildman–Crippen MR) is 98.6 cm³/mol. The topological polar surface area (TPSA) is 0 Å². The fraction of sp³-hybridized carbons (Fsp3) is 0.600. The van der Waals surface area contributed by atoms with E-state index in [1.165, 1.54) is 6.42 Å². The molecule has 0 nitrogen and oxygen atoms in total. The fourth-order valence-electron chi connectivity index (χ4n) is 4.06. The van der Waals surface area contributed by atoms with E-state index >= 15 is 0 Å². The molecule has 120 valence electrons.